The average Bonchev–Trinajstić information content (AvgIpc) is 2.46. The number of hydrogen-bond donors (Lipinski definition) is 2. The summed E-state index contributed by atoms with van der Waals surface area (Å²) in [5.41, 5.74) is 1.13. The van der Waals surface area contributed by atoms with Gasteiger partial charge in [-0.2, -0.15) is 0 Å². The van der Waals surface area contributed by atoms with Gasteiger partial charge in [0.05, 0.1) is 0 Å². The topological polar surface area (TPSA) is 70.2 Å². The first-order valence-corrected chi connectivity index (χ1v) is 7.63. The minimum Gasteiger partial charge on any atom is -0.349 e. The number of carbonyl (C=O) groups excluding carboxylic acids is 1. The maximum absolute atomic E-state index is 12.2. The number of amides is 1. The maximum atomic E-state index is 12.2. The first-order chi connectivity index (χ1) is 10.9. The Bertz CT molecular complexity index is 690. The molecule has 0 bridgehead atoms. The van der Waals surface area contributed by atoms with Crippen LogP contribution in [0.25, 0.3) is 0 Å². The monoisotopic (exact) mass is 333 g/mol. The van der Waals surface area contributed by atoms with Crippen LogP contribution in [-0.4, -0.2) is 48.0 Å². The van der Waals surface area contributed by atoms with Crippen molar-refractivity contribution in [2.45, 2.75) is 6.92 Å². The number of halogens is 1. The summed E-state index contributed by atoms with van der Waals surface area (Å²) >= 11 is 5.97. The molecule has 1 aromatic carbocycles. The summed E-state index contributed by atoms with van der Waals surface area (Å²) < 4.78 is 0. The quantitative estimate of drug-likeness (QED) is 0.850. The molecule has 0 radical (unpaired) electrons. The summed E-state index contributed by atoms with van der Waals surface area (Å²) in [7, 11) is 3.90. The molecule has 7 heteroatoms. The molecule has 0 unspecified atom stereocenters. The summed E-state index contributed by atoms with van der Waals surface area (Å²) in [6, 6.07) is 8.92. The standard InChI is InChI=1S/C16H20ClN5O/c1-11-19-14(16(23)18-7-8-22(2)3)10-15(20-11)21-13-6-4-5-12(17)9-13/h4-6,9-10H,7-8H2,1-3H3,(H,18,23)(H,19,20,21). The predicted octanol–water partition coefficient (Wildman–Crippen LogP) is 2.47. The normalized spacial score (nSPS) is 10.7. The number of carbonyl (C=O) groups is 1. The Balaban J connectivity index is 2.10. The van der Waals surface area contributed by atoms with Crippen molar-refractivity contribution in [1.29, 1.82) is 0 Å². The van der Waals surface area contributed by atoms with E-state index in [1.807, 2.05) is 31.1 Å². The molecule has 2 aromatic rings. The molecule has 0 aliphatic carbocycles. The highest BCUT2D eigenvalue weighted by atomic mass is 35.5. The fraction of sp³-hybridized carbons (Fsp3) is 0.312. The lowest BCUT2D eigenvalue weighted by Gasteiger charge is -2.11. The van der Waals surface area contributed by atoms with E-state index < -0.39 is 0 Å². The van der Waals surface area contributed by atoms with Crippen molar-refractivity contribution < 1.29 is 4.79 Å². The van der Waals surface area contributed by atoms with Crippen LogP contribution in [0.5, 0.6) is 0 Å². The highest BCUT2D eigenvalue weighted by molar-refractivity contribution is 6.30. The molecule has 0 fully saturated rings. The Morgan fingerprint density at radius 3 is 2.74 bits per heavy atom. The summed E-state index contributed by atoms with van der Waals surface area (Å²) in [5.74, 6) is 0.860. The van der Waals surface area contributed by atoms with Gasteiger partial charge in [0.2, 0.25) is 0 Å². The van der Waals surface area contributed by atoms with Gasteiger partial charge in [-0.15, -0.1) is 0 Å². The Morgan fingerprint density at radius 1 is 1.26 bits per heavy atom. The van der Waals surface area contributed by atoms with Gasteiger partial charge in [-0.25, -0.2) is 9.97 Å². The second-order valence-corrected chi connectivity index (χ2v) is 5.82. The molecule has 0 saturated carbocycles. The van der Waals surface area contributed by atoms with Gasteiger partial charge in [0.1, 0.15) is 17.3 Å². The minimum absolute atomic E-state index is 0.216. The van der Waals surface area contributed by atoms with Crippen LogP contribution in [-0.2, 0) is 0 Å². The fourth-order valence-electron chi connectivity index (χ4n) is 1.95. The highest BCUT2D eigenvalue weighted by Gasteiger charge is 2.10. The Labute approximate surface area is 140 Å². The Hall–Kier alpha value is -2.18. The number of nitrogens with zero attached hydrogens (tertiary/aromatic N) is 3. The average molecular weight is 334 g/mol. The predicted molar refractivity (Wildman–Crippen MR) is 92.4 cm³/mol. The number of hydrogen-bond acceptors (Lipinski definition) is 5. The van der Waals surface area contributed by atoms with Crippen molar-refractivity contribution in [3.05, 3.63) is 46.9 Å². The summed E-state index contributed by atoms with van der Waals surface area (Å²) in [4.78, 5) is 22.7. The molecular formula is C16H20ClN5O. The van der Waals surface area contributed by atoms with E-state index in [0.29, 0.717) is 28.9 Å². The Morgan fingerprint density at radius 2 is 2.04 bits per heavy atom. The number of nitrogens with one attached hydrogen (secondary N) is 2. The molecule has 0 spiro atoms. The Kier molecular flexibility index (Phi) is 5.90. The fourth-order valence-corrected chi connectivity index (χ4v) is 2.14. The molecule has 0 atom stereocenters. The second-order valence-electron chi connectivity index (χ2n) is 5.38. The van der Waals surface area contributed by atoms with E-state index in [4.69, 9.17) is 11.6 Å². The van der Waals surface area contributed by atoms with Gasteiger partial charge in [-0.3, -0.25) is 4.79 Å². The third-order valence-corrected chi connectivity index (χ3v) is 3.25. The number of benzene rings is 1. The molecular weight excluding hydrogens is 314 g/mol. The third kappa shape index (κ3) is 5.50. The van der Waals surface area contributed by atoms with Gasteiger partial charge in [0, 0.05) is 29.9 Å². The van der Waals surface area contributed by atoms with Crippen LogP contribution in [0, 0.1) is 6.92 Å². The smallest absolute Gasteiger partial charge is 0.270 e. The number of aryl methyl sites for hydroxylation is 1. The zero-order valence-corrected chi connectivity index (χ0v) is 14.2. The van der Waals surface area contributed by atoms with E-state index in [0.717, 1.165) is 12.2 Å². The molecule has 6 nitrogen and oxygen atoms in total. The maximum Gasteiger partial charge on any atom is 0.270 e. The van der Waals surface area contributed by atoms with Gasteiger partial charge in [-0.05, 0) is 39.2 Å². The van der Waals surface area contributed by atoms with Crippen molar-refractivity contribution in [3.63, 3.8) is 0 Å². The summed E-state index contributed by atoms with van der Waals surface area (Å²) in [6.07, 6.45) is 0. The molecule has 0 saturated heterocycles. The third-order valence-electron chi connectivity index (χ3n) is 3.01. The lowest BCUT2D eigenvalue weighted by Crippen LogP contribution is -2.32. The van der Waals surface area contributed by atoms with Gasteiger partial charge >= 0.3 is 0 Å². The zero-order chi connectivity index (χ0) is 16.8. The van der Waals surface area contributed by atoms with E-state index in [1.54, 1.807) is 25.1 Å². The van der Waals surface area contributed by atoms with Crippen LogP contribution in [0.1, 0.15) is 16.3 Å². The summed E-state index contributed by atoms with van der Waals surface area (Å²) in [6.45, 7) is 3.08. The number of anilines is 2. The lowest BCUT2D eigenvalue weighted by molar-refractivity contribution is 0.0945. The highest BCUT2D eigenvalue weighted by Crippen LogP contribution is 2.19. The zero-order valence-electron chi connectivity index (χ0n) is 13.4. The van der Waals surface area contributed by atoms with E-state index in [-0.39, 0.29) is 5.91 Å². The largest absolute Gasteiger partial charge is 0.349 e. The molecule has 1 amide bonds. The SMILES string of the molecule is Cc1nc(Nc2cccc(Cl)c2)cc(C(=O)NCCN(C)C)n1. The molecule has 0 aliphatic rings. The van der Waals surface area contributed by atoms with Gasteiger partial charge in [0.15, 0.2) is 0 Å². The first kappa shape index (κ1) is 17.2. The van der Waals surface area contributed by atoms with Gasteiger partial charge < -0.3 is 15.5 Å². The second kappa shape index (κ2) is 7.89. The molecule has 122 valence electrons. The first-order valence-electron chi connectivity index (χ1n) is 7.25. The lowest BCUT2D eigenvalue weighted by atomic mass is 10.3. The number of rotatable bonds is 6. The molecule has 23 heavy (non-hydrogen) atoms. The molecule has 1 aromatic heterocycles. The van der Waals surface area contributed by atoms with Crippen LogP contribution < -0.4 is 10.6 Å². The van der Waals surface area contributed by atoms with Crippen LogP contribution >= 0.6 is 11.6 Å². The molecule has 0 aliphatic heterocycles. The summed E-state index contributed by atoms with van der Waals surface area (Å²) in [5, 5.41) is 6.60. The molecule has 1 heterocycles. The van der Waals surface area contributed by atoms with Crippen molar-refractivity contribution >= 4 is 29.0 Å². The minimum atomic E-state index is -0.216. The van der Waals surface area contributed by atoms with E-state index in [9.17, 15) is 4.79 Å². The molecule has 2 rings (SSSR count). The number of likely N-dealkylation sites (N-methyl/N-ethyl adjacent to an activating group) is 1. The van der Waals surface area contributed by atoms with Crippen molar-refractivity contribution in [1.82, 2.24) is 20.2 Å². The van der Waals surface area contributed by atoms with Crippen molar-refractivity contribution in [2.75, 3.05) is 32.5 Å². The van der Waals surface area contributed by atoms with Crippen LogP contribution in [0.3, 0.4) is 0 Å². The van der Waals surface area contributed by atoms with Crippen LogP contribution in [0.4, 0.5) is 11.5 Å². The van der Waals surface area contributed by atoms with Crippen LogP contribution in [0.15, 0.2) is 30.3 Å². The number of aromatic nitrogens is 2. The van der Waals surface area contributed by atoms with E-state index in [2.05, 4.69) is 20.6 Å². The molecule has 2 N–H and O–H groups in total. The van der Waals surface area contributed by atoms with Gasteiger partial charge in [0.25, 0.3) is 5.91 Å². The van der Waals surface area contributed by atoms with E-state index >= 15 is 0 Å². The van der Waals surface area contributed by atoms with Crippen molar-refractivity contribution in [3.8, 4) is 0 Å². The van der Waals surface area contributed by atoms with E-state index in [1.165, 1.54) is 0 Å². The van der Waals surface area contributed by atoms with Crippen molar-refractivity contribution in [2.24, 2.45) is 0 Å². The van der Waals surface area contributed by atoms with Gasteiger partial charge in [-0.1, -0.05) is 17.7 Å². The van der Waals surface area contributed by atoms with Crippen LogP contribution in [0.2, 0.25) is 5.02 Å².